The Labute approximate surface area is 161 Å². The van der Waals surface area contributed by atoms with Crippen molar-refractivity contribution in [1.29, 1.82) is 0 Å². The van der Waals surface area contributed by atoms with Crippen LogP contribution in [0.25, 0.3) is 0 Å². The number of nitrogens with one attached hydrogen (secondary N) is 1. The molecule has 3 rings (SSSR count). The van der Waals surface area contributed by atoms with Crippen molar-refractivity contribution in [1.82, 2.24) is 5.32 Å². The first-order valence-electron chi connectivity index (χ1n) is 8.21. The van der Waals surface area contributed by atoms with Crippen molar-refractivity contribution in [3.05, 3.63) is 58.1 Å². The van der Waals surface area contributed by atoms with Crippen LogP contribution in [0.5, 0.6) is 5.75 Å². The molecule has 0 aromatic heterocycles. The van der Waals surface area contributed by atoms with Gasteiger partial charge in [-0.05, 0) is 36.2 Å². The molecule has 1 aliphatic rings. The van der Waals surface area contributed by atoms with Gasteiger partial charge in [-0.1, -0.05) is 41.4 Å². The van der Waals surface area contributed by atoms with E-state index < -0.39 is 6.10 Å². The molecule has 7 heteroatoms. The van der Waals surface area contributed by atoms with Gasteiger partial charge in [-0.25, -0.2) is 0 Å². The number of ether oxygens (including phenoxy) is 1. The summed E-state index contributed by atoms with van der Waals surface area (Å²) in [5.41, 5.74) is 1.52. The van der Waals surface area contributed by atoms with E-state index in [1.807, 2.05) is 18.2 Å². The predicted octanol–water partition coefficient (Wildman–Crippen LogP) is 3.47. The molecule has 0 unspecified atom stereocenters. The van der Waals surface area contributed by atoms with E-state index >= 15 is 0 Å². The van der Waals surface area contributed by atoms with Gasteiger partial charge in [0.05, 0.1) is 12.2 Å². The lowest BCUT2D eigenvalue weighted by Gasteiger charge is -2.34. The number of benzene rings is 2. The maximum absolute atomic E-state index is 12.8. The second-order valence-electron chi connectivity index (χ2n) is 5.93. The number of fused-ring (bicyclic) bond motifs is 1. The molecule has 0 spiro atoms. The number of carbonyl (C=O) groups excluding carboxylic acids is 2. The summed E-state index contributed by atoms with van der Waals surface area (Å²) in [5.74, 6) is 0.156. The van der Waals surface area contributed by atoms with Gasteiger partial charge >= 0.3 is 0 Å². The van der Waals surface area contributed by atoms with Crippen LogP contribution in [0.1, 0.15) is 12.0 Å². The van der Waals surface area contributed by atoms with E-state index in [2.05, 4.69) is 5.32 Å². The standard InChI is InChI=1S/C19H18Cl2N2O3/c1-22-19(25)17-11-23(15-4-2-3-5-16(15)26-17)18(24)9-7-12-6-8-13(20)10-14(12)21/h2-6,8,10,17H,7,9,11H2,1H3,(H,22,25)/t17-/m0/s1. The molecule has 0 saturated carbocycles. The van der Waals surface area contributed by atoms with Gasteiger partial charge in [0.25, 0.3) is 5.91 Å². The number of carbonyl (C=O) groups is 2. The molecule has 136 valence electrons. The van der Waals surface area contributed by atoms with Crippen molar-refractivity contribution in [3.63, 3.8) is 0 Å². The first-order valence-corrected chi connectivity index (χ1v) is 8.96. The van der Waals surface area contributed by atoms with Crippen LogP contribution in [0, 0.1) is 0 Å². The molecule has 0 saturated heterocycles. The minimum Gasteiger partial charge on any atom is -0.477 e. The van der Waals surface area contributed by atoms with E-state index in [0.29, 0.717) is 27.9 Å². The van der Waals surface area contributed by atoms with Crippen LogP contribution in [0.4, 0.5) is 5.69 Å². The Bertz CT molecular complexity index is 841. The molecule has 1 atom stereocenters. The minimum atomic E-state index is -0.738. The smallest absolute Gasteiger partial charge is 0.262 e. The molecule has 5 nitrogen and oxygen atoms in total. The van der Waals surface area contributed by atoms with E-state index in [-0.39, 0.29) is 24.8 Å². The predicted molar refractivity (Wildman–Crippen MR) is 102 cm³/mol. The van der Waals surface area contributed by atoms with Crippen LogP contribution < -0.4 is 15.0 Å². The van der Waals surface area contributed by atoms with Gasteiger partial charge in [0.15, 0.2) is 6.10 Å². The third-order valence-electron chi connectivity index (χ3n) is 4.24. The number of aryl methyl sites for hydroxylation is 1. The van der Waals surface area contributed by atoms with Crippen LogP contribution in [-0.4, -0.2) is 31.5 Å². The molecule has 0 radical (unpaired) electrons. The minimum absolute atomic E-state index is 0.0966. The third-order valence-corrected chi connectivity index (χ3v) is 4.82. The fourth-order valence-corrected chi connectivity index (χ4v) is 3.37. The van der Waals surface area contributed by atoms with Gasteiger partial charge in [-0.2, -0.15) is 0 Å². The van der Waals surface area contributed by atoms with Crippen LogP contribution in [-0.2, 0) is 16.0 Å². The van der Waals surface area contributed by atoms with Gasteiger partial charge in [-0.15, -0.1) is 0 Å². The number of rotatable bonds is 4. The number of anilines is 1. The highest BCUT2D eigenvalue weighted by Crippen LogP contribution is 2.34. The number of halogens is 2. The fourth-order valence-electron chi connectivity index (χ4n) is 2.87. The van der Waals surface area contributed by atoms with Crippen molar-refractivity contribution in [2.75, 3.05) is 18.5 Å². The summed E-state index contributed by atoms with van der Waals surface area (Å²) < 4.78 is 5.72. The molecule has 2 aromatic carbocycles. The zero-order chi connectivity index (χ0) is 18.7. The van der Waals surface area contributed by atoms with Crippen molar-refractivity contribution >= 4 is 40.7 Å². The number of hydrogen-bond donors (Lipinski definition) is 1. The summed E-state index contributed by atoms with van der Waals surface area (Å²) in [6.07, 6.45) is 0.00720. The molecule has 1 aliphatic heterocycles. The quantitative estimate of drug-likeness (QED) is 0.866. The van der Waals surface area contributed by atoms with E-state index in [1.165, 1.54) is 0 Å². The van der Waals surface area contributed by atoms with E-state index in [4.69, 9.17) is 27.9 Å². The van der Waals surface area contributed by atoms with Crippen molar-refractivity contribution in [2.24, 2.45) is 0 Å². The monoisotopic (exact) mass is 392 g/mol. The van der Waals surface area contributed by atoms with Gasteiger partial charge in [0.1, 0.15) is 5.75 Å². The highest BCUT2D eigenvalue weighted by atomic mass is 35.5. The largest absolute Gasteiger partial charge is 0.477 e. The average Bonchev–Trinajstić information content (AvgIpc) is 2.65. The van der Waals surface area contributed by atoms with Crippen molar-refractivity contribution in [2.45, 2.75) is 18.9 Å². The third kappa shape index (κ3) is 3.94. The molecule has 0 aliphatic carbocycles. The second-order valence-corrected chi connectivity index (χ2v) is 6.77. The maximum atomic E-state index is 12.8. The molecular formula is C19H18Cl2N2O3. The van der Waals surface area contributed by atoms with Crippen molar-refractivity contribution < 1.29 is 14.3 Å². The summed E-state index contributed by atoms with van der Waals surface area (Å²) in [5, 5.41) is 3.66. The number of likely N-dealkylation sites (N-methyl/N-ethyl adjacent to an activating group) is 1. The van der Waals surface area contributed by atoms with E-state index in [9.17, 15) is 9.59 Å². The highest BCUT2D eigenvalue weighted by Gasteiger charge is 2.33. The Balaban J connectivity index is 1.77. The van der Waals surface area contributed by atoms with Crippen LogP contribution in [0.3, 0.4) is 0 Å². The highest BCUT2D eigenvalue weighted by molar-refractivity contribution is 6.35. The van der Waals surface area contributed by atoms with Gasteiger partial charge in [-0.3, -0.25) is 9.59 Å². The van der Waals surface area contributed by atoms with Crippen molar-refractivity contribution in [3.8, 4) is 5.75 Å². The lowest BCUT2D eigenvalue weighted by atomic mass is 10.1. The van der Waals surface area contributed by atoms with Crippen LogP contribution in [0.2, 0.25) is 10.0 Å². The van der Waals surface area contributed by atoms with Crippen LogP contribution in [0.15, 0.2) is 42.5 Å². The first-order chi connectivity index (χ1) is 12.5. The van der Waals surface area contributed by atoms with Crippen LogP contribution >= 0.6 is 23.2 Å². The van der Waals surface area contributed by atoms with E-state index in [1.54, 1.807) is 36.2 Å². The Morgan fingerprint density at radius 2 is 2.00 bits per heavy atom. The Hall–Kier alpha value is -2.24. The summed E-state index contributed by atoms with van der Waals surface area (Å²) in [4.78, 5) is 26.4. The number of amides is 2. The van der Waals surface area contributed by atoms with Gasteiger partial charge in [0, 0.05) is 23.5 Å². The van der Waals surface area contributed by atoms with E-state index in [0.717, 1.165) is 5.56 Å². The summed E-state index contributed by atoms with van der Waals surface area (Å²) >= 11 is 12.1. The van der Waals surface area contributed by atoms with Gasteiger partial charge < -0.3 is 15.0 Å². The lowest BCUT2D eigenvalue weighted by Crippen LogP contribution is -2.50. The average molecular weight is 393 g/mol. The molecule has 0 fully saturated rings. The molecule has 2 amide bonds. The Morgan fingerprint density at radius 3 is 2.73 bits per heavy atom. The topological polar surface area (TPSA) is 58.6 Å². The van der Waals surface area contributed by atoms with Gasteiger partial charge in [0.2, 0.25) is 5.91 Å². The molecule has 2 aromatic rings. The Morgan fingerprint density at radius 1 is 1.23 bits per heavy atom. The zero-order valence-corrected chi connectivity index (χ0v) is 15.7. The maximum Gasteiger partial charge on any atom is 0.262 e. The SMILES string of the molecule is CNC(=O)[C@@H]1CN(C(=O)CCc2ccc(Cl)cc2Cl)c2ccccc2O1. The summed E-state index contributed by atoms with van der Waals surface area (Å²) in [6, 6.07) is 12.4. The molecule has 1 heterocycles. The number of para-hydroxylation sites is 2. The lowest BCUT2D eigenvalue weighted by molar-refractivity contribution is -0.127. The molecule has 0 bridgehead atoms. The summed E-state index contributed by atoms with van der Waals surface area (Å²) in [7, 11) is 1.54. The summed E-state index contributed by atoms with van der Waals surface area (Å²) in [6.45, 7) is 0.171. The fraction of sp³-hybridized carbons (Fsp3) is 0.263. The second kappa shape index (κ2) is 7.98. The molecule has 26 heavy (non-hydrogen) atoms. The number of nitrogens with zero attached hydrogens (tertiary/aromatic N) is 1. The zero-order valence-electron chi connectivity index (χ0n) is 14.2. The Kier molecular flexibility index (Phi) is 5.69. The first kappa shape index (κ1) is 18.5. The number of hydrogen-bond acceptors (Lipinski definition) is 3. The normalized spacial score (nSPS) is 15.8. The molecular weight excluding hydrogens is 375 g/mol. The molecule has 1 N–H and O–H groups in total.